The summed E-state index contributed by atoms with van der Waals surface area (Å²) in [5.74, 6) is 2.62. The average molecular weight is 395 g/mol. The number of nitrogens with zero attached hydrogens (tertiary/aromatic N) is 1. The molecule has 0 aromatic heterocycles. The summed E-state index contributed by atoms with van der Waals surface area (Å²) in [5.41, 5.74) is 3.04. The van der Waals surface area contributed by atoms with Crippen LogP contribution in [0.3, 0.4) is 0 Å². The molecule has 1 saturated heterocycles. The first-order valence-electron chi connectivity index (χ1n) is 10.6. The van der Waals surface area contributed by atoms with Crippen molar-refractivity contribution in [2.75, 3.05) is 25.2 Å². The topological polar surface area (TPSA) is 50.8 Å². The van der Waals surface area contributed by atoms with Crippen molar-refractivity contribution in [1.82, 2.24) is 4.90 Å². The lowest BCUT2D eigenvalue weighted by Gasteiger charge is -2.36. The van der Waals surface area contributed by atoms with Crippen LogP contribution in [-0.4, -0.2) is 30.7 Å². The highest BCUT2D eigenvalue weighted by molar-refractivity contribution is 5.95. The monoisotopic (exact) mass is 394 g/mol. The molecule has 2 aliphatic heterocycles. The van der Waals surface area contributed by atoms with Gasteiger partial charge in [0.25, 0.3) is 0 Å². The Morgan fingerprint density at radius 2 is 1.66 bits per heavy atom. The molecular weight excluding hydrogens is 364 g/mol. The van der Waals surface area contributed by atoms with Gasteiger partial charge in [-0.25, -0.2) is 0 Å². The van der Waals surface area contributed by atoms with Crippen LogP contribution in [0.1, 0.15) is 56.7 Å². The van der Waals surface area contributed by atoms with Gasteiger partial charge in [0.15, 0.2) is 11.5 Å². The molecule has 0 saturated carbocycles. The Hall–Kier alpha value is -2.53. The van der Waals surface area contributed by atoms with Gasteiger partial charge in [0.2, 0.25) is 12.7 Å². The molecule has 1 fully saturated rings. The first-order chi connectivity index (χ1) is 14.0. The van der Waals surface area contributed by atoms with E-state index in [0.29, 0.717) is 17.6 Å². The Kier molecular flexibility index (Phi) is 5.76. The predicted octanol–water partition coefficient (Wildman–Crippen LogP) is 4.95. The molecule has 154 valence electrons. The first kappa shape index (κ1) is 19.8. The maximum absolute atomic E-state index is 13.4. The average Bonchev–Trinajstić information content (AvgIpc) is 3.18. The molecule has 5 heteroatoms. The highest BCUT2D eigenvalue weighted by atomic mass is 16.7. The summed E-state index contributed by atoms with van der Waals surface area (Å²) in [6.07, 6.45) is 2.22. The molecule has 1 atom stereocenters. The molecule has 5 nitrogen and oxygen atoms in total. The van der Waals surface area contributed by atoms with Gasteiger partial charge in [-0.15, -0.1) is 0 Å². The zero-order chi connectivity index (χ0) is 20.4. The third-order valence-electron chi connectivity index (χ3n) is 5.99. The Labute approximate surface area is 173 Å². The van der Waals surface area contributed by atoms with E-state index in [-0.39, 0.29) is 18.7 Å². The van der Waals surface area contributed by atoms with Crippen molar-refractivity contribution in [2.24, 2.45) is 5.92 Å². The van der Waals surface area contributed by atoms with Crippen LogP contribution in [-0.2, 0) is 4.79 Å². The Morgan fingerprint density at radius 1 is 1.00 bits per heavy atom. The van der Waals surface area contributed by atoms with Crippen molar-refractivity contribution in [1.29, 1.82) is 0 Å². The fourth-order valence-corrected chi connectivity index (χ4v) is 4.06. The summed E-state index contributed by atoms with van der Waals surface area (Å²) in [6, 6.07) is 13.6. The molecule has 0 unspecified atom stereocenters. The van der Waals surface area contributed by atoms with Gasteiger partial charge in [-0.05, 0) is 73.2 Å². The maximum atomic E-state index is 13.4. The SMILES string of the molecule is CC1CCN([C@H](C(=O)Nc2ccc(C(C)C)cc2)c2ccc3c(c2)OCO3)CC1. The number of anilines is 1. The molecular formula is C24H30N2O3. The van der Waals surface area contributed by atoms with Crippen LogP contribution in [0.4, 0.5) is 5.69 Å². The third-order valence-corrected chi connectivity index (χ3v) is 5.99. The van der Waals surface area contributed by atoms with Crippen molar-refractivity contribution < 1.29 is 14.3 Å². The zero-order valence-corrected chi connectivity index (χ0v) is 17.5. The summed E-state index contributed by atoms with van der Waals surface area (Å²) < 4.78 is 11.0. The Bertz CT molecular complexity index is 855. The summed E-state index contributed by atoms with van der Waals surface area (Å²) in [7, 11) is 0. The van der Waals surface area contributed by atoms with Gasteiger partial charge < -0.3 is 14.8 Å². The minimum atomic E-state index is -0.346. The minimum Gasteiger partial charge on any atom is -0.454 e. The Morgan fingerprint density at radius 3 is 2.34 bits per heavy atom. The van der Waals surface area contributed by atoms with Crippen molar-refractivity contribution in [3.8, 4) is 11.5 Å². The molecule has 0 spiro atoms. The number of fused-ring (bicyclic) bond motifs is 1. The molecule has 1 amide bonds. The number of hydrogen-bond acceptors (Lipinski definition) is 4. The molecule has 0 aliphatic carbocycles. The van der Waals surface area contributed by atoms with E-state index >= 15 is 0 Å². The second kappa shape index (κ2) is 8.46. The number of piperidine rings is 1. The highest BCUT2D eigenvalue weighted by Crippen LogP contribution is 2.37. The van der Waals surface area contributed by atoms with Crippen LogP contribution in [0.2, 0.25) is 0 Å². The normalized spacial score (nSPS) is 18.1. The molecule has 0 bridgehead atoms. The number of likely N-dealkylation sites (tertiary alicyclic amines) is 1. The van der Waals surface area contributed by atoms with Gasteiger partial charge in [-0.2, -0.15) is 0 Å². The van der Waals surface area contributed by atoms with Gasteiger partial charge in [-0.1, -0.05) is 39.0 Å². The number of hydrogen-bond donors (Lipinski definition) is 1. The number of amides is 1. The molecule has 4 rings (SSSR count). The van der Waals surface area contributed by atoms with Gasteiger partial charge in [0, 0.05) is 5.69 Å². The van der Waals surface area contributed by atoms with Crippen LogP contribution in [0.5, 0.6) is 11.5 Å². The number of nitrogens with one attached hydrogen (secondary N) is 1. The largest absolute Gasteiger partial charge is 0.454 e. The number of benzene rings is 2. The lowest BCUT2D eigenvalue weighted by Crippen LogP contribution is -2.41. The van der Waals surface area contributed by atoms with Crippen molar-refractivity contribution in [3.05, 3.63) is 53.6 Å². The van der Waals surface area contributed by atoms with E-state index in [4.69, 9.17) is 9.47 Å². The molecule has 2 aromatic rings. The lowest BCUT2D eigenvalue weighted by atomic mass is 9.95. The fraction of sp³-hybridized carbons (Fsp3) is 0.458. The van der Waals surface area contributed by atoms with Crippen LogP contribution in [0.15, 0.2) is 42.5 Å². The van der Waals surface area contributed by atoms with E-state index in [1.807, 2.05) is 30.3 Å². The van der Waals surface area contributed by atoms with Gasteiger partial charge in [0.05, 0.1) is 0 Å². The standard InChI is InChI=1S/C24H30N2O3/c1-16(2)18-4-7-20(8-5-18)25-24(27)23(26-12-10-17(3)11-13-26)19-6-9-21-22(14-19)29-15-28-21/h4-9,14,16-17,23H,10-13,15H2,1-3H3,(H,25,27)/t23-/m0/s1. The molecule has 1 N–H and O–H groups in total. The highest BCUT2D eigenvalue weighted by Gasteiger charge is 2.31. The van der Waals surface area contributed by atoms with Crippen molar-refractivity contribution in [2.45, 2.75) is 45.6 Å². The lowest BCUT2D eigenvalue weighted by molar-refractivity contribution is -0.122. The van der Waals surface area contributed by atoms with Crippen molar-refractivity contribution >= 4 is 11.6 Å². The zero-order valence-electron chi connectivity index (χ0n) is 17.5. The van der Waals surface area contributed by atoms with E-state index in [1.54, 1.807) is 0 Å². The summed E-state index contributed by atoms with van der Waals surface area (Å²) in [5, 5.41) is 3.13. The molecule has 2 aliphatic rings. The summed E-state index contributed by atoms with van der Waals surface area (Å²) in [6.45, 7) is 8.68. The van der Waals surface area contributed by atoms with E-state index in [1.165, 1.54) is 5.56 Å². The van der Waals surface area contributed by atoms with Crippen LogP contribution >= 0.6 is 0 Å². The number of carbonyl (C=O) groups is 1. The fourth-order valence-electron chi connectivity index (χ4n) is 4.06. The third kappa shape index (κ3) is 4.40. The smallest absolute Gasteiger partial charge is 0.246 e. The van der Waals surface area contributed by atoms with Gasteiger partial charge >= 0.3 is 0 Å². The number of carbonyl (C=O) groups excluding carboxylic acids is 1. The summed E-state index contributed by atoms with van der Waals surface area (Å²) in [4.78, 5) is 15.7. The van der Waals surface area contributed by atoms with Gasteiger partial charge in [-0.3, -0.25) is 9.69 Å². The molecule has 2 aromatic carbocycles. The van der Waals surface area contributed by atoms with Crippen molar-refractivity contribution in [3.63, 3.8) is 0 Å². The second-order valence-corrected chi connectivity index (χ2v) is 8.50. The quantitative estimate of drug-likeness (QED) is 0.780. The predicted molar refractivity (Wildman–Crippen MR) is 114 cm³/mol. The first-order valence-corrected chi connectivity index (χ1v) is 10.6. The minimum absolute atomic E-state index is 0.00397. The van der Waals surface area contributed by atoms with Gasteiger partial charge in [0.1, 0.15) is 6.04 Å². The van der Waals surface area contributed by atoms with Crippen LogP contribution in [0, 0.1) is 5.92 Å². The van der Waals surface area contributed by atoms with E-state index in [2.05, 4.69) is 43.1 Å². The number of ether oxygens (including phenoxy) is 2. The molecule has 29 heavy (non-hydrogen) atoms. The maximum Gasteiger partial charge on any atom is 0.246 e. The van der Waals surface area contributed by atoms with E-state index in [0.717, 1.165) is 42.9 Å². The second-order valence-electron chi connectivity index (χ2n) is 8.50. The number of rotatable bonds is 5. The van der Waals surface area contributed by atoms with Crippen LogP contribution in [0.25, 0.3) is 0 Å². The summed E-state index contributed by atoms with van der Waals surface area (Å²) >= 11 is 0. The van der Waals surface area contributed by atoms with E-state index < -0.39 is 0 Å². The Balaban J connectivity index is 1.58. The van der Waals surface area contributed by atoms with E-state index in [9.17, 15) is 4.79 Å². The van der Waals surface area contributed by atoms with Crippen LogP contribution < -0.4 is 14.8 Å². The molecule has 2 heterocycles. The molecule has 0 radical (unpaired) electrons.